The molecule has 4 nitrogen and oxygen atoms in total. The Labute approximate surface area is 296 Å². The summed E-state index contributed by atoms with van der Waals surface area (Å²) in [6.45, 7) is 0. The van der Waals surface area contributed by atoms with Gasteiger partial charge in [0.2, 0.25) is 0 Å². The number of hydrogen-bond acceptors (Lipinski definition) is 4. The summed E-state index contributed by atoms with van der Waals surface area (Å²) in [5.74, 6) is 0.742. The Morgan fingerprint density at radius 3 is 2.02 bits per heavy atom. The van der Waals surface area contributed by atoms with Crippen LogP contribution in [0.3, 0.4) is 0 Å². The van der Waals surface area contributed by atoms with Gasteiger partial charge in [0.05, 0.1) is 16.7 Å². The summed E-state index contributed by atoms with van der Waals surface area (Å²) in [5.41, 5.74) is 10.5. The highest BCUT2D eigenvalue weighted by atomic mass is 32.1. The van der Waals surface area contributed by atoms with Crippen LogP contribution in [0.5, 0.6) is 0 Å². The zero-order chi connectivity index (χ0) is 33.5. The molecule has 0 atom stereocenters. The van der Waals surface area contributed by atoms with E-state index in [1.807, 2.05) is 30.3 Å². The van der Waals surface area contributed by atoms with Crippen molar-refractivity contribution < 1.29 is 4.42 Å². The Hall–Kier alpha value is -6.56. The maximum atomic E-state index is 6.38. The summed E-state index contributed by atoms with van der Waals surface area (Å²) >= 11 is 1.74. The molecule has 0 aliphatic carbocycles. The lowest BCUT2D eigenvalue weighted by Crippen LogP contribution is -1.94. The summed E-state index contributed by atoms with van der Waals surface area (Å²) in [7, 11) is 0. The van der Waals surface area contributed by atoms with Crippen LogP contribution in [0, 0.1) is 0 Å². The number of para-hydroxylation sites is 3. The normalized spacial score (nSPS) is 11.9. The third-order valence-electron chi connectivity index (χ3n) is 10.0. The smallest absolute Gasteiger partial charge is 0.161 e. The van der Waals surface area contributed by atoms with E-state index in [0.717, 1.165) is 77.1 Å². The number of nitrogens with zero attached hydrogens (tertiary/aromatic N) is 3. The predicted molar refractivity (Wildman–Crippen MR) is 213 cm³/mol. The highest BCUT2D eigenvalue weighted by Crippen LogP contribution is 2.44. The zero-order valence-corrected chi connectivity index (χ0v) is 28.1. The first-order valence-electron chi connectivity index (χ1n) is 17.1. The van der Waals surface area contributed by atoms with E-state index in [2.05, 4.69) is 138 Å². The van der Waals surface area contributed by atoms with Gasteiger partial charge in [0, 0.05) is 59.4 Å². The minimum atomic E-state index is 0.742. The number of hydrogen-bond donors (Lipinski definition) is 0. The molecule has 0 aliphatic rings. The van der Waals surface area contributed by atoms with Crippen molar-refractivity contribution in [3.05, 3.63) is 164 Å². The lowest BCUT2D eigenvalue weighted by molar-refractivity contribution is 0.670. The first-order valence-corrected chi connectivity index (χ1v) is 17.9. The van der Waals surface area contributed by atoms with Crippen LogP contribution in [-0.2, 0) is 0 Å². The minimum absolute atomic E-state index is 0.742. The SMILES string of the molecule is c1ccc(-c2nc(-c3ccccc3)c3c(n2)sc2cc4c5ccccc5n(-c5ccc(-c6cccc7c6oc6ccccc67)cc5)c4cc23)cc1. The van der Waals surface area contributed by atoms with Gasteiger partial charge in [0.25, 0.3) is 0 Å². The Bertz CT molecular complexity index is 3120. The largest absolute Gasteiger partial charge is 0.455 e. The standard InChI is InChI=1S/C46H27N3OS/c1-3-12-29(13-4-1)43-42-37-26-39-36(27-41(37)51-46(42)48-45(47-43)30-14-5-2-6-15-30)33-16-7-9-20-38(33)49(39)31-24-22-28(23-25-31)32-18-11-19-35-34-17-8-10-21-40(34)50-44(32)35/h1-27H. The molecule has 0 unspecified atom stereocenters. The van der Waals surface area contributed by atoms with Gasteiger partial charge in [-0.25, -0.2) is 9.97 Å². The molecule has 0 fully saturated rings. The van der Waals surface area contributed by atoms with Crippen molar-refractivity contribution in [1.82, 2.24) is 14.5 Å². The monoisotopic (exact) mass is 669 g/mol. The van der Waals surface area contributed by atoms with E-state index in [9.17, 15) is 0 Å². The fourth-order valence-electron chi connectivity index (χ4n) is 7.70. The number of benzene rings is 7. The lowest BCUT2D eigenvalue weighted by atomic mass is 10.0. The number of rotatable bonds is 4. The van der Waals surface area contributed by atoms with Crippen molar-refractivity contribution in [3.63, 3.8) is 0 Å². The maximum absolute atomic E-state index is 6.38. The van der Waals surface area contributed by atoms with Gasteiger partial charge < -0.3 is 8.98 Å². The second-order valence-electron chi connectivity index (χ2n) is 13.0. The molecular weight excluding hydrogens is 643 g/mol. The molecule has 0 saturated carbocycles. The summed E-state index contributed by atoms with van der Waals surface area (Å²) in [6, 6.07) is 57.7. The molecule has 0 radical (unpaired) electrons. The molecule has 5 heteroatoms. The van der Waals surface area contributed by atoms with Gasteiger partial charge in [-0.15, -0.1) is 11.3 Å². The molecule has 0 bridgehead atoms. The van der Waals surface area contributed by atoms with Crippen LogP contribution in [0.25, 0.3) is 104 Å². The van der Waals surface area contributed by atoms with Crippen LogP contribution in [-0.4, -0.2) is 14.5 Å². The summed E-state index contributed by atoms with van der Waals surface area (Å²) in [5, 5.41) is 6.98. The van der Waals surface area contributed by atoms with Crippen LogP contribution < -0.4 is 0 Å². The molecule has 0 saturated heterocycles. The summed E-state index contributed by atoms with van der Waals surface area (Å²) < 4.78 is 9.97. The molecule has 4 aromatic heterocycles. The lowest BCUT2D eigenvalue weighted by Gasteiger charge is -2.10. The van der Waals surface area contributed by atoms with Crippen LogP contribution in [0.15, 0.2) is 168 Å². The third-order valence-corrected chi connectivity index (χ3v) is 11.1. The van der Waals surface area contributed by atoms with Crippen molar-refractivity contribution in [2.75, 3.05) is 0 Å². The van der Waals surface area contributed by atoms with Crippen molar-refractivity contribution in [2.45, 2.75) is 0 Å². The average molecular weight is 670 g/mol. The fourth-order valence-corrected chi connectivity index (χ4v) is 8.80. The zero-order valence-electron chi connectivity index (χ0n) is 27.2. The molecule has 11 rings (SSSR count). The Kier molecular flexibility index (Phi) is 6.09. The van der Waals surface area contributed by atoms with Gasteiger partial charge in [-0.2, -0.15) is 0 Å². The van der Waals surface area contributed by atoms with Gasteiger partial charge in [-0.3, -0.25) is 0 Å². The fraction of sp³-hybridized carbons (Fsp3) is 0. The maximum Gasteiger partial charge on any atom is 0.161 e. The molecule has 7 aromatic carbocycles. The molecular formula is C46H27N3OS. The molecule has 238 valence electrons. The van der Waals surface area contributed by atoms with Crippen LogP contribution in [0.4, 0.5) is 0 Å². The topological polar surface area (TPSA) is 43.9 Å². The highest BCUT2D eigenvalue weighted by molar-refractivity contribution is 7.25. The van der Waals surface area contributed by atoms with E-state index < -0.39 is 0 Å². The van der Waals surface area contributed by atoms with Crippen LogP contribution >= 0.6 is 11.3 Å². The number of furan rings is 1. The third kappa shape index (κ3) is 4.32. The minimum Gasteiger partial charge on any atom is -0.455 e. The Balaban J connectivity index is 1.13. The quantitative estimate of drug-likeness (QED) is 0.187. The molecule has 4 heterocycles. The predicted octanol–water partition coefficient (Wildman–Crippen LogP) is 12.8. The molecule has 51 heavy (non-hydrogen) atoms. The molecule has 0 spiro atoms. The first kappa shape index (κ1) is 28.3. The number of aromatic nitrogens is 3. The summed E-state index contributed by atoms with van der Waals surface area (Å²) in [4.78, 5) is 11.4. The molecule has 11 aromatic rings. The van der Waals surface area contributed by atoms with E-state index in [1.54, 1.807) is 11.3 Å². The summed E-state index contributed by atoms with van der Waals surface area (Å²) in [6.07, 6.45) is 0. The van der Waals surface area contributed by atoms with Gasteiger partial charge in [-0.1, -0.05) is 127 Å². The van der Waals surface area contributed by atoms with E-state index in [0.29, 0.717) is 0 Å². The second-order valence-corrected chi connectivity index (χ2v) is 14.0. The Morgan fingerprint density at radius 2 is 1.20 bits per heavy atom. The molecule has 0 amide bonds. The Morgan fingerprint density at radius 1 is 0.490 bits per heavy atom. The van der Waals surface area contributed by atoms with E-state index in [4.69, 9.17) is 14.4 Å². The van der Waals surface area contributed by atoms with Crippen molar-refractivity contribution >= 4 is 75.4 Å². The van der Waals surface area contributed by atoms with Gasteiger partial charge >= 0.3 is 0 Å². The molecule has 0 N–H and O–H groups in total. The van der Waals surface area contributed by atoms with E-state index in [-0.39, 0.29) is 0 Å². The highest BCUT2D eigenvalue weighted by Gasteiger charge is 2.20. The van der Waals surface area contributed by atoms with Gasteiger partial charge in [0.15, 0.2) is 5.82 Å². The van der Waals surface area contributed by atoms with E-state index >= 15 is 0 Å². The van der Waals surface area contributed by atoms with Gasteiger partial charge in [-0.05, 0) is 42.0 Å². The average Bonchev–Trinajstić information content (AvgIpc) is 3.86. The van der Waals surface area contributed by atoms with Crippen LogP contribution in [0.1, 0.15) is 0 Å². The van der Waals surface area contributed by atoms with Crippen molar-refractivity contribution in [1.29, 1.82) is 0 Å². The van der Waals surface area contributed by atoms with Crippen molar-refractivity contribution in [3.8, 4) is 39.5 Å². The number of thiophene rings is 1. The second kappa shape index (κ2) is 11.0. The first-order chi connectivity index (χ1) is 25.3. The molecule has 0 aliphatic heterocycles. The number of fused-ring (bicyclic) bond motifs is 9. The van der Waals surface area contributed by atoms with Gasteiger partial charge in [0.1, 0.15) is 16.0 Å². The van der Waals surface area contributed by atoms with Crippen LogP contribution in [0.2, 0.25) is 0 Å². The van der Waals surface area contributed by atoms with Crippen molar-refractivity contribution in [2.24, 2.45) is 0 Å². The van der Waals surface area contributed by atoms with E-state index in [1.165, 1.54) is 26.4 Å².